The molecule has 32 heavy (non-hydrogen) atoms. The third kappa shape index (κ3) is 5.02. The fraction of sp³-hybridized carbons (Fsp3) is 0.320. The van der Waals surface area contributed by atoms with Crippen molar-refractivity contribution in [3.8, 4) is 5.69 Å². The Morgan fingerprint density at radius 2 is 1.91 bits per heavy atom. The smallest absolute Gasteiger partial charge is 0.271 e. The lowest BCUT2D eigenvalue weighted by atomic mass is 9.97. The number of hydrogen-bond acceptors (Lipinski definition) is 4. The van der Waals surface area contributed by atoms with Crippen LogP contribution < -0.4 is 15.8 Å². The minimum atomic E-state index is -0.224. The number of aromatic nitrogens is 2. The normalized spacial score (nSPS) is 16.1. The lowest BCUT2D eigenvalue weighted by Gasteiger charge is -2.33. The van der Waals surface area contributed by atoms with E-state index in [0.29, 0.717) is 29.6 Å². The first-order valence-electron chi connectivity index (χ1n) is 10.9. The SMILES string of the molecule is Cc1ccc(CNC(=O)[C@H]2CCCN(c3ccc(=O)n(-c4ccc(C)c(Cl)c4)n3)C2)cc1. The average molecular weight is 451 g/mol. The molecule has 1 fully saturated rings. The Morgan fingerprint density at radius 1 is 1.12 bits per heavy atom. The molecule has 3 aromatic rings. The first-order valence-corrected chi connectivity index (χ1v) is 11.2. The minimum absolute atomic E-state index is 0.0499. The molecule has 0 saturated carbocycles. The van der Waals surface area contributed by atoms with Crippen LogP contribution in [-0.4, -0.2) is 28.8 Å². The molecule has 166 valence electrons. The Bertz CT molecular complexity index is 1170. The van der Waals surface area contributed by atoms with Crippen LogP contribution >= 0.6 is 11.6 Å². The molecule has 1 atom stereocenters. The van der Waals surface area contributed by atoms with Crippen molar-refractivity contribution in [1.29, 1.82) is 0 Å². The number of piperidine rings is 1. The second-order valence-corrected chi connectivity index (χ2v) is 8.77. The molecule has 4 rings (SSSR count). The molecule has 1 amide bonds. The number of rotatable bonds is 5. The van der Waals surface area contributed by atoms with Crippen LogP contribution in [-0.2, 0) is 11.3 Å². The van der Waals surface area contributed by atoms with Crippen LogP contribution in [0, 0.1) is 19.8 Å². The van der Waals surface area contributed by atoms with Gasteiger partial charge in [0.2, 0.25) is 5.91 Å². The largest absolute Gasteiger partial charge is 0.354 e. The molecule has 1 aromatic heterocycles. The maximum absolute atomic E-state index is 12.8. The highest BCUT2D eigenvalue weighted by molar-refractivity contribution is 6.31. The van der Waals surface area contributed by atoms with Gasteiger partial charge in [-0.15, -0.1) is 5.10 Å². The van der Waals surface area contributed by atoms with Crippen molar-refractivity contribution in [2.45, 2.75) is 33.2 Å². The molecular formula is C25H27ClN4O2. The summed E-state index contributed by atoms with van der Waals surface area (Å²) in [5.74, 6) is 0.608. The van der Waals surface area contributed by atoms with Crippen LogP contribution in [0.3, 0.4) is 0 Å². The summed E-state index contributed by atoms with van der Waals surface area (Å²) in [5, 5.41) is 8.22. The van der Waals surface area contributed by atoms with E-state index in [2.05, 4.69) is 15.3 Å². The predicted molar refractivity (Wildman–Crippen MR) is 128 cm³/mol. The fourth-order valence-electron chi connectivity index (χ4n) is 3.91. The first kappa shape index (κ1) is 22.1. The Kier molecular flexibility index (Phi) is 6.61. The zero-order valence-corrected chi connectivity index (χ0v) is 19.1. The number of nitrogens with zero attached hydrogens (tertiary/aromatic N) is 3. The Hall–Kier alpha value is -3.12. The predicted octanol–water partition coefficient (Wildman–Crippen LogP) is 4.04. The molecule has 0 unspecified atom stereocenters. The number of halogens is 1. The van der Waals surface area contributed by atoms with E-state index in [9.17, 15) is 9.59 Å². The van der Waals surface area contributed by atoms with Gasteiger partial charge in [0.05, 0.1) is 11.6 Å². The van der Waals surface area contributed by atoms with Gasteiger partial charge >= 0.3 is 0 Å². The van der Waals surface area contributed by atoms with Crippen molar-refractivity contribution in [1.82, 2.24) is 15.1 Å². The zero-order chi connectivity index (χ0) is 22.7. The maximum Gasteiger partial charge on any atom is 0.271 e. The summed E-state index contributed by atoms with van der Waals surface area (Å²) in [5.41, 5.74) is 3.62. The van der Waals surface area contributed by atoms with E-state index in [1.54, 1.807) is 12.1 Å². The van der Waals surface area contributed by atoms with Crippen molar-refractivity contribution in [2.24, 2.45) is 5.92 Å². The van der Waals surface area contributed by atoms with E-state index in [4.69, 9.17) is 11.6 Å². The number of amides is 1. The second-order valence-electron chi connectivity index (χ2n) is 8.36. The van der Waals surface area contributed by atoms with E-state index < -0.39 is 0 Å². The van der Waals surface area contributed by atoms with E-state index >= 15 is 0 Å². The van der Waals surface area contributed by atoms with E-state index in [0.717, 1.165) is 30.5 Å². The van der Waals surface area contributed by atoms with Crippen molar-refractivity contribution >= 4 is 23.3 Å². The summed E-state index contributed by atoms with van der Waals surface area (Å²) in [4.78, 5) is 27.3. The van der Waals surface area contributed by atoms with Crippen LogP contribution in [0.1, 0.15) is 29.5 Å². The third-order valence-electron chi connectivity index (χ3n) is 5.89. The highest BCUT2D eigenvalue weighted by atomic mass is 35.5. The van der Waals surface area contributed by atoms with Crippen molar-refractivity contribution < 1.29 is 4.79 Å². The number of anilines is 1. The van der Waals surface area contributed by atoms with Crippen molar-refractivity contribution in [3.63, 3.8) is 0 Å². The molecule has 1 aliphatic rings. The van der Waals surface area contributed by atoms with Crippen LogP contribution in [0.5, 0.6) is 0 Å². The highest BCUT2D eigenvalue weighted by Gasteiger charge is 2.26. The number of hydrogen-bond donors (Lipinski definition) is 1. The minimum Gasteiger partial charge on any atom is -0.354 e. The molecule has 0 bridgehead atoms. The standard InChI is InChI=1S/C25H27ClN4O2/c1-17-5-8-19(9-6-17)15-27-25(32)20-4-3-13-29(16-20)23-11-12-24(31)30(28-23)21-10-7-18(2)22(26)14-21/h5-12,14,20H,3-4,13,15-16H2,1-2H3,(H,27,32)/t20-/m0/s1. The molecule has 6 nitrogen and oxygen atoms in total. The number of benzene rings is 2. The Balaban J connectivity index is 1.47. The molecular weight excluding hydrogens is 424 g/mol. The number of carbonyl (C=O) groups is 1. The van der Waals surface area contributed by atoms with Crippen LogP contribution in [0.15, 0.2) is 59.4 Å². The number of carbonyl (C=O) groups excluding carboxylic acids is 1. The summed E-state index contributed by atoms with van der Waals surface area (Å²) in [6, 6.07) is 16.8. The topological polar surface area (TPSA) is 67.2 Å². The molecule has 2 heterocycles. The van der Waals surface area contributed by atoms with Gasteiger partial charge in [-0.1, -0.05) is 47.5 Å². The monoisotopic (exact) mass is 450 g/mol. The summed E-state index contributed by atoms with van der Waals surface area (Å²) in [6.45, 7) is 5.84. The van der Waals surface area contributed by atoms with Crippen molar-refractivity contribution in [3.05, 3.63) is 86.7 Å². The number of nitrogens with one attached hydrogen (secondary N) is 1. The molecule has 1 aliphatic heterocycles. The lowest BCUT2D eigenvalue weighted by Crippen LogP contribution is -2.43. The molecule has 0 radical (unpaired) electrons. The summed E-state index contributed by atoms with van der Waals surface area (Å²) in [7, 11) is 0. The van der Waals surface area contributed by atoms with E-state index in [1.165, 1.54) is 16.3 Å². The van der Waals surface area contributed by atoms with Crippen LogP contribution in [0.4, 0.5) is 5.82 Å². The Labute approximate surface area is 192 Å². The van der Waals surface area contributed by atoms with Gasteiger partial charge in [-0.05, 0) is 56.0 Å². The number of aryl methyl sites for hydroxylation is 2. The second kappa shape index (κ2) is 9.57. The van der Waals surface area contributed by atoms with Gasteiger partial charge in [0.25, 0.3) is 5.56 Å². The summed E-state index contributed by atoms with van der Waals surface area (Å²) >= 11 is 6.24. The van der Waals surface area contributed by atoms with Gasteiger partial charge in [-0.2, -0.15) is 4.68 Å². The zero-order valence-electron chi connectivity index (χ0n) is 18.3. The van der Waals surface area contributed by atoms with Gasteiger partial charge in [0.15, 0.2) is 0 Å². The van der Waals surface area contributed by atoms with Gasteiger partial charge in [0, 0.05) is 30.7 Å². The quantitative estimate of drug-likeness (QED) is 0.637. The molecule has 2 aromatic carbocycles. The van der Waals surface area contributed by atoms with Gasteiger partial charge in [-0.25, -0.2) is 0 Å². The molecule has 7 heteroatoms. The van der Waals surface area contributed by atoms with Crippen LogP contribution in [0.2, 0.25) is 5.02 Å². The first-order chi connectivity index (χ1) is 15.4. The van der Waals surface area contributed by atoms with E-state index in [-0.39, 0.29) is 17.4 Å². The summed E-state index contributed by atoms with van der Waals surface area (Å²) < 4.78 is 1.36. The van der Waals surface area contributed by atoms with Gasteiger partial charge in [-0.3, -0.25) is 9.59 Å². The van der Waals surface area contributed by atoms with Crippen LogP contribution in [0.25, 0.3) is 5.69 Å². The van der Waals surface area contributed by atoms with Gasteiger partial charge in [0.1, 0.15) is 5.82 Å². The highest BCUT2D eigenvalue weighted by Crippen LogP contribution is 2.23. The molecule has 1 saturated heterocycles. The maximum atomic E-state index is 12.8. The molecule has 0 aliphatic carbocycles. The average Bonchev–Trinajstić information content (AvgIpc) is 2.81. The fourth-order valence-corrected chi connectivity index (χ4v) is 4.08. The third-order valence-corrected chi connectivity index (χ3v) is 6.30. The molecule has 1 N–H and O–H groups in total. The Morgan fingerprint density at radius 3 is 2.66 bits per heavy atom. The lowest BCUT2D eigenvalue weighted by molar-refractivity contribution is -0.125. The van der Waals surface area contributed by atoms with Gasteiger partial charge < -0.3 is 10.2 Å². The van der Waals surface area contributed by atoms with Crippen molar-refractivity contribution in [2.75, 3.05) is 18.0 Å². The summed E-state index contributed by atoms with van der Waals surface area (Å²) in [6.07, 6.45) is 1.73. The molecule has 0 spiro atoms. The van der Waals surface area contributed by atoms with E-state index in [1.807, 2.05) is 50.2 Å².